The standard InChI is InChI=1S/C17H20ClN3O4/c1-21(11-10-16(23)24-2)15(22)5-3-4-14-19-17(20-25-14)12-6-8-13(18)9-7-12/h6-9H,3-5,10-11H2,1-2H3. The van der Waals surface area contributed by atoms with Gasteiger partial charge in [0.25, 0.3) is 0 Å². The van der Waals surface area contributed by atoms with Crippen LogP contribution in [0.1, 0.15) is 25.2 Å². The van der Waals surface area contributed by atoms with Gasteiger partial charge < -0.3 is 14.2 Å². The molecule has 134 valence electrons. The van der Waals surface area contributed by atoms with E-state index in [-0.39, 0.29) is 18.3 Å². The fourth-order valence-corrected chi connectivity index (χ4v) is 2.27. The summed E-state index contributed by atoms with van der Waals surface area (Å²) in [5.74, 6) is 0.602. The first-order chi connectivity index (χ1) is 12.0. The molecule has 0 saturated carbocycles. The summed E-state index contributed by atoms with van der Waals surface area (Å²) in [4.78, 5) is 28.9. The zero-order valence-corrected chi connectivity index (χ0v) is 15.0. The molecular formula is C17H20ClN3O4. The highest BCUT2D eigenvalue weighted by Gasteiger charge is 2.13. The molecule has 7 nitrogen and oxygen atoms in total. The van der Waals surface area contributed by atoms with Gasteiger partial charge in [-0.2, -0.15) is 4.98 Å². The van der Waals surface area contributed by atoms with Crippen LogP contribution in [-0.2, 0) is 20.7 Å². The lowest BCUT2D eigenvalue weighted by Crippen LogP contribution is -2.29. The van der Waals surface area contributed by atoms with Crippen LogP contribution in [0.5, 0.6) is 0 Å². The molecule has 2 aromatic rings. The van der Waals surface area contributed by atoms with Gasteiger partial charge in [-0.1, -0.05) is 16.8 Å². The quantitative estimate of drug-likeness (QED) is 0.668. The summed E-state index contributed by atoms with van der Waals surface area (Å²) in [6.45, 7) is 0.340. The molecule has 0 aliphatic rings. The second kappa shape index (κ2) is 9.17. The van der Waals surface area contributed by atoms with Gasteiger partial charge in [-0.3, -0.25) is 9.59 Å². The lowest BCUT2D eigenvalue weighted by molar-refractivity contribution is -0.141. The normalized spacial score (nSPS) is 10.5. The summed E-state index contributed by atoms with van der Waals surface area (Å²) in [6, 6.07) is 7.15. The molecule has 0 fully saturated rings. The molecule has 1 amide bonds. The average Bonchev–Trinajstić information content (AvgIpc) is 3.08. The summed E-state index contributed by atoms with van der Waals surface area (Å²) in [7, 11) is 2.99. The molecule has 0 unspecified atom stereocenters. The third kappa shape index (κ3) is 5.86. The lowest BCUT2D eigenvalue weighted by Gasteiger charge is -2.15. The minimum Gasteiger partial charge on any atom is -0.469 e. The Morgan fingerprint density at radius 2 is 1.96 bits per heavy atom. The highest BCUT2D eigenvalue weighted by atomic mass is 35.5. The number of ether oxygens (including phenoxy) is 1. The van der Waals surface area contributed by atoms with Gasteiger partial charge in [0.05, 0.1) is 13.5 Å². The van der Waals surface area contributed by atoms with Gasteiger partial charge in [-0.05, 0) is 30.7 Å². The van der Waals surface area contributed by atoms with Crippen LogP contribution in [0.25, 0.3) is 11.4 Å². The topological polar surface area (TPSA) is 85.5 Å². The molecule has 0 saturated heterocycles. The van der Waals surface area contributed by atoms with Crippen molar-refractivity contribution in [3.8, 4) is 11.4 Å². The minimum atomic E-state index is -0.333. The number of halogens is 1. The van der Waals surface area contributed by atoms with E-state index in [1.165, 1.54) is 12.0 Å². The van der Waals surface area contributed by atoms with E-state index in [9.17, 15) is 9.59 Å². The van der Waals surface area contributed by atoms with Crippen molar-refractivity contribution in [2.75, 3.05) is 20.7 Å². The van der Waals surface area contributed by atoms with E-state index >= 15 is 0 Å². The number of esters is 1. The molecule has 0 aliphatic carbocycles. The van der Waals surface area contributed by atoms with Crippen molar-refractivity contribution < 1.29 is 18.8 Å². The van der Waals surface area contributed by atoms with Gasteiger partial charge in [0.1, 0.15) is 0 Å². The third-order valence-corrected chi connectivity index (χ3v) is 3.91. The van der Waals surface area contributed by atoms with E-state index in [0.29, 0.717) is 42.5 Å². The number of aromatic nitrogens is 2. The first-order valence-corrected chi connectivity index (χ1v) is 8.26. The Labute approximate surface area is 150 Å². The summed E-state index contributed by atoms with van der Waals surface area (Å²) >= 11 is 5.85. The maximum atomic E-state index is 12.0. The van der Waals surface area contributed by atoms with Gasteiger partial charge in [0.15, 0.2) is 0 Å². The van der Waals surface area contributed by atoms with Crippen LogP contribution in [0.15, 0.2) is 28.8 Å². The van der Waals surface area contributed by atoms with E-state index < -0.39 is 0 Å². The molecule has 0 N–H and O–H groups in total. The van der Waals surface area contributed by atoms with Gasteiger partial charge in [0.2, 0.25) is 17.6 Å². The van der Waals surface area contributed by atoms with Crippen LogP contribution in [-0.4, -0.2) is 47.6 Å². The van der Waals surface area contributed by atoms with Crippen molar-refractivity contribution in [3.63, 3.8) is 0 Å². The van der Waals surface area contributed by atoms with Crippen molar-refractivity contribution in [1.29, 1.82) is 0 Å². The molecule has 2 rings (SSSR count). The number of amides is 1. The second-order valence-corrected chi connectivity index (χ2v) is 5.95. The van der Waals surface area contributed by atoms with Crippen LogP contribution in [0.3, 0.4) is 0 Å². The molecule has 1 aromatic heterocycles. The van der Waals surface area contributed by atoms with Crippen LogP contribution in [0, 0.1) is 0 Å². The Kier molecular flexibility index (Phi) is 6.94. The predicted molar refractivity (Wildman–Crippen MR) is 92.0 cm³/mol. The summed E-state index contributed by atoms with van der Waals surface area (Å²) in [5, 5.41) is 4.57. The fraction of sp³-hybridized carbons (Fsp3) is 0.412. The first-order valence-electron chi connectivity index (χ1n) is 7.89. The van der Waals surface area contributed by atoms with Crippen molar-refractivity contribution in [2.24, 2.45) is 0 Å². The number of rotatable bonds is 8. The Morgan fingerprint density at radius 3 is 2.64 bits per heavy atom. The van der Waals surface area contributed by atoms with E-state index in [1.54, 1.807) is 19.2 Å². The Morgan fingerprint density at radius 1 is 1.24 bits per heavy atom. The number of hydrogen-bond donors (Lipinski definition) is 0. The van der Waals surface area contributed by atoms with Crippen molar-refractivity contribution >= 4 is 23.5 Å². The van der Waals surface area contributed by atoms with E-state index in [0.717, 1.165) is 5.56 Å². The SMILES string of the molecule is COC(=O)CCN(C)C(=O)CCCc1nc(-c2ccc(Cl)cc2)no1. The highest BCUT2D eigenvalue weighted by Crippen LogP contribution is 2.19. The van der Waals surface area contributed by atoms with Crippen LogP contribution >= 0.6 is 11.6 Å². The highest BCUT2D eigenvalue weighted by molar-refractivity contribution is 6.30. The molecular weight excluding hydrogens is 346 g/mol. The molecule has 0 spiro atoms. The molecule has 0 bridgehead atoms. The van der Waals surface area contributed by atoms with Gasteiger partial charge >= 0.3 is 5.97 Å². The number of nitrogens with zero attached hydrogens (tertiary/aromatic N) is 3. The molecule has 25 heavy (non-hydrogen) atoms. The van der Waals surface area contributed by atoms with E-state index in [4.69, 9.17) is 16.1 Å². The molecule has 0 atom stereocenters. The number of carbonyl (C=O) groups excluding carboxylic acids is 2. The molecule has 1 heterocycles. The maximum absolute atomic E-state index is 12.0. The van der Waals surface area contributed by atoms with Crippen molar-refractivity contribution in [3.05, 3.63) is 35.2 Å². The Hall–Kier alpha value is -2.41. The van der Waals surface area contributed by atoms with Crippen LogP contribution in [0.4, 0.5) is 0 Å². The summed E-state index contributed by atoms with van der Waals surface area (Å²) < 4.78 is 9.76. The average molecular weight is 366 g/mol. The second-order valence-electron chi connectivity index (χ2n) is 5.51. The van der Waals surface area contributed by atoms with Crippen LogP contribution in [0.2, 0.25) is 5.02 Å². The molecule has 0 aliphatic heterocycles. The molecule has 8 heteroatoms. The van der Waals surface area contributed by atoms with E-state index in [2.05, 4.69) is 14.9 Å². The predicted octanol–water partition coefficient (Wildman–Crippen LogP) is 2.73. The molecule has 0 radical (unpaired) electrons. The fourth-order valence-electron chi connectivity index (χ4n) is 2.14. The zero-order chi connectivity index (χ0) is 18.2. The van der Waals surface area contributed by atoms with Gasteiger partial charge in [-0.15, -0.1) is 0 Å². The van der Waals surface area contributed by atoms with Crippen molar-refractivity contribution in [2.45, 2.75) is 25.7 Å². The third-order valence-electron chi connectivity index (χ3n) is 3.66. The van der Waals surface area contributed by atoms with E-state index in [1.807, 2.05) is 12.1 Å². The number of aryl methyl sites for hydroxylation is 1. The monoisotopic (exact) mass is 365 g/mol. The number of carbonyl (C=O) groups is 2. The summed E-state index contributed by atoms with van der Waals surface area (Å²) in [5.41, 5.74) is 0.818. The summed E-state index contributed by atoms with van der Waals surface area (Å²) in [6.07, 6.45) is 1.63. The zero-order valence-electron chi connectivity index (χ0n) is 14.2. The maximum Gasteiger partial charge on any atom is 0.307 e. The lowest BCUT2D eigenvalue weighted by atomic mass is 10.2. The van der Waals surface area contributed by atoms with Gasteiger partial charge in [0, 0.05) is 37.0 Å². The number of hydrogen-bond acceptors (Lipinski definition) is 6. The minimum absolute atomic E-state index is 0.0404. The largest absolute Gasteiger partial charge is 0.469 e. The molecule has 1 aromatic carbocycles. The number of benzene rings is 1. The van der Waals surface area contributed by atoms with Gasteiger partial charge in [-0.25, -0.2) is 0 Å². The number of methoxy groups -OCH3 is 1. The Balaban J connectivity index is 1.77. The first kappa shape index (κ1) is 18.9. The smallest absolute Gasteiger partial charge is 0.307 e. The van der Waals surface area contributed by atoms with Crippen molar-refractivity contribution in [1.82, 2.24) is 15.0 Å². The van der Waals surface area contributed by atoms with Crippen LogP contribution < -0.4 is 0 Å². The Bertz CT molecular complexity index is 715.